The molecule has 0 saturated carbocycles. The average molecular weight is 256 g/mol. The summed E-state index contributed by atoms with van der Waals surface area (Å²) >= 11 is 5.48. The van der Waals surface area contributed by atoms with Crippen molar-refractivity contribution in [3.8, 4) is 0 Å². The molecule has 1 aromatic carbocycles. The summed E-state index contributed by atoms with van der Waals surface area (Å²) in [6.45, 7) is 0. The van der Waals surface area contributed by atoms with E-state index in [1.807, 2.05) is 0 Å². The van der Waals surface area contributed by atoms with Crippen molar-refractivity contribution in [2.45, 2.75) is 0 Å². The number of hydrogen-bond donors (Lipinski definition) is 3. The fraction of sp³-hybridized carbons (Fsp3) is 0. The second kappa shape index (κ2) is 5.79. The van der Waals surface area contributed by atoms with Crippen LogP contribution in [0.4, 0.5) is 5.69 Å². The first-order valence-corrected chi connectivity index (χ1v) is 5.33. The fourth-order valence-electron chi connectivity index (χ4n) is 0.600. The van der Waals surface area contributed by atoms with Gasteiger partial charge in [-0.25, -0.2) is 4.57 Å². The average Bonchev–Trinajstić information content (AvgIpc) is 2.01. The van der Waals surface area contributed by atoms with E-state index in [-0.39, 0.29) is 10.7 Å². The smallest absolute Gasteiger partial charge is 0.303 e. The van der Waals surface area contributed by atoms with Crippen LogP contribution in [0.2, 0.25) is 5.02 Å². The van der Waals surface area contributed by atoms with Gasteiger partial charge in [0.1, 0.15) is 5.02 Å². The first-order chi connectivity index (χ1) is 6.72. The Balaban J connectivity index is 0.000000336. The van der Waals surface area contributed by atoms with E-state index in [1.54, 1.807) is 12.1 Å². The molecule has 7 nitrogen and oxygen atoms in total. The molecule has 0 atom stereocenters. The van der Waals surface area contributed by atoms with Gasteiger partial charge in [-0.3, -0.25) is 10.1 Å². The molecule has 84 valence electrons. The monoisotopic (exact) mass is 255 g/mol. The zero-order chi connectivity index (χ0) is 12.1. The summed E-state index contributed by atoms with van der Waals surface area (Å²) in [4.78, 5) is 31.2. The Morgan fingerprint density at radius 3 is 1.93 bits per heavy atom. The van der Waals surface area contributed by atoms with E-state index in [4.69, 9.17) is 30.8 Å². The molecule has 0 aliphatic carbocycles. The SMILES string of the molecule is O=P(O)(O)O.O=[N+]([O-])c1ccccc1Cl. The molecule has 1 aromatic rings. The van der Waals surface area contributed by atoms with Gasteiger partial charge in [0, 0.05) is 6.07 Å². The molecule has 15 heavy (non-hydrogen) atoms. The summed E-state index contributed by atoms with van der Waals surface area (Å²) in [5, 5.41) is 10.3. The van der Waals surface area contributed by atoms with Gasteiger partial charge in [-0.05, 0) is 6.07 Å². The van der Waals surface area contributed by atoms with Crippen molar-refractivity contribution in [1.29, 1.82) is 0 Å². The minimum absolute atomic E-state index is 0.0517. The van der Waals surface area contributed by atoms with Crippen molar-refractivity contribution >= 4 is 25.1 Å². The van der Waals surface area contributed by atoms with Crippen LogP contribution in [0.1, 0.15) is 0 Å². The molecule has 0 spiro atoms. The van der Waals surface area contributed by atoms with E-state index in [0.717, 1.165) is 0 Å². The number of rotatable bonds is 1. The lowest BCUT2D eigenvalue weighted by Gasteiger charge is -1.90. The van der Waals surface area contributed by atoms with E-state index < -0.39 is 12.7 Å². The summed E-state index contributed by atoms with van der Waals surface area (Å²) in [5.74, 6) is 0. The Bertz CT molecular complexity index is 383. The number of para-hydroxylation sites is 1. The summed E-state index contributed by atoms with van der Waals surface area (Å²) in [6.07, 6.45) is 0. The van der Waals surface area contributed by atoms with Gasteiger partial charge in [-0.2, -0.15) is 0 Å². The first-order valence-electron chi connectivity index (χ1n) is 3.39. The Labute approximate surface area is 89.3 Å². The quantitative estimate of drug-likeness (QED) is 0.395. The predicted octanol–water partition coefficient (Wildman–Crippen LogP) is 1.32. The molecule has 0 fully saturated rings. The third kappa shape index (κ3) is 8.04. The highest BCUT2D eigenvalue weighted by molar-refractivity contribution is 7.45. The van der Waals surface area contributed by atoms with Crippen molar-refractivity contribution < 1.29 is 24.2 Å². The standard InChI is InChI=1S/C6H4ClNO2.H3O4P/c7-5-3-1-2-4-6(5)8(9)10;1-5(2,3)4/h1-4H;(H3,1,2,3,4). The highest BCUT2D eigenvalue weighted by atomic mass is 35.5. The number of nitro groups is 1. The maximum atomic E-state index is 10.1. The number of phosphoric acid groups is 1. The number of hydrogen-bond acceptors (Lipinski definition) is 3. The van der Waals surface area contributed by atoms with Crippen molar-refractivity contribution in [3.63, 3.8) is 0 Å². The molecule has 1 rings (SSSR count). The maximum Gasteiger partial charge on any atom is 0.466 e. The zero-order valence-electron chi connectivity index (χ0n) is 7.15. The second-order valence-corrected chi connectivity index (χ2v) is 3.66. The van der Waals surface area contributed by atoms with Gasteiger partial charge in [0.2, 0.25) is 0 Å². The summed E-state index contributed by atoms with van der Waals surface area (Å²) in [5.41, 5.74) is -0.0517. The molecule has 0 bridgehead atoms. The summed E-state index contributed by atoms with van der Waals surface area (Å²) < 4.78 is 8.88. The van der Waals surface area contributed by atoms with E-state index in [2.05, 4.69) is 0 Å². The minimum Gasteiger partial charge on any atom is -0.303 e. The van der Waals surface area contributed by atoms with E-state index >= 15 is 0 Å². The summed E-state index contributed by atoms with van der Waals surface area (Å²) in [7, 11) is -4.64. The molecule has 9 heteroatoms. The Morgan fingerprint density at radius 2 is 1.67 bits per heavy atom. The van der Waals surface area contributed by atoms with Gasteiger partial charge in [0.25, 0.3) is 5.69 Å². The van der Waals surface area contributed by atoms with Crippen LogP contribution in [0.15, 0.2) is 24.3 Å². The van der Waals surface area contributed by atoms with Crippen LogP contribution in [-0.2, 0) is 4.57 Å². The van der Waals surface area contributed by atoms with E-state index in [0.29, 0.717) is 0 Å². The molecule has 3 N–H and O–H groups in total. The van der Waals surface area contributed by atoms with Crippen LogP contribution in [0.3, 0.4) is 0 Å². The fourth-order valence-corrected chi connectivity index (χ4v) is 0.805. The number of nitro benzene ring substituents is 1. The molecule has 0 radical (unpaired) electrons. The van der Waals surface area contributed by atoms with Gasteiger partial charge in [-0.1, -0.05) is 23.7 Å². The van der Waals surface area contributed by atoms with Gasteiger partial charge in [0.15, 0.2) is 0 Å². The summed E-state index contributed by atoms with van der Waals surface area (Å²) in [6, 6.07) is 6.07. The van der Waals surface area contributed by atoms with Crippen LogP contribution in [0.25, 0.3) is 0 Å². The van der Waals surface area contributed by atoms with Gasteiger partial charge in [0.05, 0.1) is 4.92 Å². The molecule has 0 aliphatic heterocycles. The molecular formula is C6H7ClNO6P. The molecule has 0 aliphatic rings. The van der Waals surface area contributed by atoms with Crippen molar-refractivity contribution in [2.75, 3.05) is 0 Å². The third-order valence-electron chi connectivity index (χ3n) is 1.05. The predicted molar refractivity (Wildman–Crippen MR) is 52.4 cm³/mol. The lowest BCUT2D eigenvalue weighted by atomic mass is 10.3. The highest BCUT2D eigenvalue weighted by Crippen LogP contribution is 2.25. The number of halogens is 1. The Morgan fingerprint density at radius 1 is 1.27 bits per heavy atom. The van der Waals surface area contributed by atoms with Crippen LogP contribution in [0, 0.1) is 10.1 Å². The molecular weight excluding hydrogens is 248 g/mol. The molecule has 0 heterocycles. The van der Waals surface area contributed by atoms with Gasteiger partial charge < -0.3 is 14.7 Å². The lowest BCUT2D eigenvalue weighted by molar-refractivity contribution is -0.384. The van der Waals surface area contributed by atoms with Crippen LogP contribution < -0.4 is 0 Å². The van der Waals surface area contributed by atoms with Crippen LogP contribution in [0.5, 0.6) is 0 Å². The molecule has 0 aromatic heterocycles. The minimum atomic E-state index is -4.64. The van der Waals surface area contributed by atoms with Crippen molar-refractivity contribution in [3.05, 3.63) is 39.4 Å². The lowest BCUT2D eigenvalue weighted by Crippen LogP contribution is -1.87. The largest absolute Gasteiger partial charge is 0.466 e. The zero-order valence-corrected chi connectivity index (χ0v) is 8.80. The molecule has 0 amide bonds. The number of nitrogens with zero attached hydrogens (tertiary/aromatic N) is 1. The first kappa shape index (κ1) is 14.0. The number of benzene rings is 1. The van der Waals surface area contributed by atoms with Crippen molar-refractivity contribution in [2.24, 2.45) is 0 Å². The maximum absolute atomic E-state index is 10.1. The Hall–Kier alpha value is -0.980. The second-order valence-electron chi connectivity index (χ2n) is 2.22. The van der Waals surface area contributed by atoms with Gasteiger partial charge >= 0.3 is 7.82 Å². The Kier molecular flexibility index (Phi) is 5.41. The van der Waals surface area contributed by atoms with E-state index in [9.17, 15) is 10.1 Å². The highest BCUT2D eigenvalue weighted by Gasteiger charge is 2.08. The topological polar surface area (TPSA) is 121 Å². The van der Waals surface area contributed by atoms with Gasteiger partial charge in [-0.15, -0.1) is 0 Å². The normalized spacial score (nSPS) is 10.1. The molecule has 0 saturated heterocycles. The van der Waals surface area contributed by atoms with E-state index in [1.165, 1.54) is 12.1 Å². The van der Waals surface area contributed by atoms with Crippen LogP contribution in [-0.4, -0.2) is 19.6 Å². The molecule has 0 unspecified atom stereocenters. The van der Waals surface area contributed by atoms with Crippen LogP contribution >= 0.6 is 19.4 Å². The third-order valence-corrected chi connectivity index (χ3v) is 1.37. The van der Waals surface area contributed by atoms with Crippen molar-refractivity contribution in [1.82, 2.24) is 0 Å².